The van der Waals surface area contributed by atoms with Gasteiger partial charge in [-0.1, -0.05) is 36.4 Å². The average Bonchev–Trinajstić information content (AvgIpc) is 2.71. The lowest BCUT2D eigenvalue weighted by Gasteiger charge is -2.30. The van der Waals surface area contributed by atoms with Crippen molar-refractivity contribution in [3.63, 3.8) is 0 Å². The highest BCUT2D eigenvalue weighted by molar-refractivity contribution is 6.04. The lowest BCUT2D eigenvalue weighted by atomic mass is 9.99. The largest absolute Gasteiger partial charge is 0.322 e. The maximum Gasteiger partial charge on any atom is 0.255 e. The van der Waals surface area contributed by atoms with E-state index in [2.05, 4.69) is 5.32 Å². The number of carbonyl (C=O) groups excluding carboxylic acids is 2. The number of rotatable bonds is 4. The van der Waals surface area contributed by atoms with Crippen molar-refractivity contribution in [1.29, 1.82) is 0 Å². The predicted molar refractivity (Wildman–Crippen MR) is 107 cm³/mol. The molecule has 0 spiro atoms. The van der Waals surface area contributed by atoms with E-state index in [0.29, 0.717) is 25.1 Å². The topological polar surface area (TPSA) is 49.4 Å². The van der Waals surface area contributed by atoms with Crippen LogP contribution in [0.25, 0.3) is 0 Å². The maximum absolute atomic E-state index is 13.3. The van der Waals surface area contributed by atoms with Gasteiger partial charge >= 0.3 is 0 Å². The van der Waals surface area contributed by atoms with E-state index in [4.69, 9.17) is 0 Å². The second-order valence-corrected chi connectivity index (χ2v) is 6.77. The van der Waals surface area contributed by atoms with E-state index in [0.717, 1.165) is 16.8 Å². The first-order valence-electron chi connectivity index (χ1n) is 9.14. The zero-order valence-corrected chi connectivity index (χ0v) is 15.2. The van der Waals surface area contributed by atoms with Crippen molar-refractivity contribution in [2.45, 2.75) is 19.4 Å². The van der Waals surface area contributed by atoms with Crippen molar-refractivity contribution in [2.75, 3.05) is 10.2 Å². The second kappa shape index (κ2) is 7.64. The van der Waals surface area contributed by atoms with Crippen molar-refractivity contribution < 1.29 is 14.0 Å². The first-order valence-corrected chi connectivity index (χ1v) is 9.14. The molecule has 0 aromatic heterocycles. The van der Waals surface area contributed by atoms with Gasteiger partial charge in [-0.15, -0.1) is 0 Å². The number of aryl methyl sites for hydroxylation is 1. The van der Waals surface area contributed by atoms with Crippen molar-refractivity contribution in [1.82, 2.24) is 0 Å². The fourth-order valence-corrected chi connectivity index (χ4v) is 3.41. The van der Waals surface area contributed by atoms with E-state index in [1.54, 1.807) is 17.0 Å². The SMILES string of the molecule is O=C(Nc1ccc2c(c1)CCC(=O)N2Cc1ccccc1)c1cccc(F)c1. The number of nitrogens with zero attached hydrogens (tertiary/aromatic N) is 1. The van der Waals surface area contributed by atoms with Gasteiger partial charge in [-0.25, -0.2) is 4.39 Å². The van der Waals surface area contributed by atoms with Crippen LogP contribution < -0.4 is 10.2 Å². The average molecular weight is 374 g/mol. The molecule has 1 aliphatic heterocycles. The van der Waals surface area contributed by atoms with E-state index >= 15 is 0 Å². The summed E-state index contributed by atoms with van der Waals surface area (Å²) in [5, 5.41) is 2.80. The molecule has 3 aromatic rings. The number of halogens is 1. The summed E-state index contributed by atoms with van der Waals surface area (Å²) in [5.41, 5.74) is 3.82. The number of hydrogen-bond acceptors (Lipinski definition) is 2. The van der Waals surface area contributed by atoms with E-state index in [1.807, 2.05) is 42.5 Å². The molecule has 4 rings (SSSR count). The summed E-state index contributed by atoms with van der Waals surface area (Å²) in [6.07, 6.45) is 1.06. The Morgan fingerprint density at radius 2 is 1.79 bits per heavy atom. The lowest BCUT2D eigenvalue weighted by molar-refractivity contribution is -0.119. The molecule has 1 N–H and O–H groups in total. The number of fused-ring (bicyclic) bond motifs is 1. The van der Waals surface area contributed by atoms with Crippen LogP contribution in [-0.2, 0) is 17.8 Å². The molecule has 0 unspecified atom stereocenters. The quantitative estimate of drug-likeness (QED) is 0.728. The van der Waals surface area contributed by atoms with Crippen molar-refractivity contribution in [3.05, 3.63) is 95.3 Å². The molecule has 28 heavy (non-hydrogen) atoms. The Kier molecular flexibility index (Phi) is 4.89. The van der Waals surface area contributed by atoms with Gasteiger partial charge in [-0.2, -0.15) is 0 Å². The monoisotopic (exact) mass is 374 g/mol. The highest BCUT2D eigenvalue weighted by Crippen LogP contribution is 2.31. The molecule has 5 heteroatoms. The number of carbonyl (C=O) groups is 2. The molecular weight excluding hydrogens is 355 g/mol. The van der Waals surface area contributed by atoms with Crippen LogP contribution in [0.15, 0.2) is 72.8 Å². The summed E-state index contributed by atoms with van der Waals surface area (Å²) >= 11 is 0. The van der Waals surface area contributed by atoms with Gasteiger partial charge in [-0.05, 0) is 53.9 Å². The minimum atomic E-state index is -0.451. The molecule has 0 saturated carbocycles. The Morgan fingerprint density at radius 3 is 2.57 bits per heavy atom. The number of amides is 2. The van der Waals surface area contributed by atoms with Crippen molar-refractivity contribution in [2.24, 2.45) is 0 Å². The summed E-state index contributed by atoms with van der Waals surface area (Å²) < 4.78 is 13.3. The van der Waals surface area contributed by atoms with Gasteiger partial charge in [0.25, 0.3) is 5.91 Å². The van der Waals surface area contributed by atoms with Gasteiger partial charge in [0.2, 0.25) is 5.91 Å². The maximum atomic E-state index is 13.3. The van der Waals surface area contributed by atoms with Gasteiger partial charge in [0, 0.05) is 23.4 Å². The molecule has 140 valence electrons. The molecule has 0 aliphatic carbocycles. The molecule has 3 aromatic carbocycles. The summed E-state index contributed by atoms with van der Waals surface area (Å²) in [7, 11) is 0. The third kappa shape index (κ3) is 3.78. The molecule has 0 saturated heterocycles. The Balaban J connectivity index is 1.56. The van der Waals surface area contributed by atoms with Gasteiger partial charge in [0.1, 0.15) is 5.82 Å². The van der Waals surface area contributed by atoms with Gasteiger partial charge in [-0.3, -0.25) is 9.59 Å². The molecule has 2 amide bonds. The molecule has 1 aliphatic rings. The normalized spacial score (nSPS) is 13.2. The first kappa shape index (κ1) is 17.9. The molecule has 4 nitrogen and oxygen atoms in total. The molecule has 0 bridgehead atoms. The minimum absolute atomic E-state index is 0.0906. The number of anilines is 2. The molecule has 0 radical (unpaired) electrons. The van der Waals surface area contributed by atoms with Crippen molar-refractivity contribution >= 4 is 23.2 Å². The highest BCUT2D eigenvalue weighted by Gasteiger charge is 2.24. The first-order chi connectivity index (χ1) is 13.6. The van der Waals surface area contributed by atoms with Crippen LogP contribution in [0.3, 0.4) is 0 Å². The summed E-state index contributed by atoms with van der Waals surface area (Å²) in [4.78, 5) is 26.6. The van der Waals surface area contributed by atoms with Crippen LogP contribution in [0.4, 0.5) is 15.8 Å². The standard InChI is InChI=1S/C23H19FN2O2/c24-19-8-4-7-18(13-19)23(28)25-20-10-11-21-17(14-20)9-12-22(27)26(21)15-16-5-2-1-3-6-16/h1-8,10-11,13-14H,9,12,15H2,(H,25,28). The van der Waals surface area contributed by atoms with E-state index < -0.39 is 5.82 Å². The van der Waals surface area contributed by atoms with Crippen molar-refractivity contribution in [3.8, 4) is 0 Å². The van der Waals surface area contributed by atoms with E-state index in [1.165, 1.54) is 18.2 Å². The molecule has 0 atom stereocenters. The predicted octanol–water partition coefficient (Wildman–Crippen LogP) is 4.56. The lowest BCUT2D eigenvalue weighted by Crippen LogP contribution is -2.34. The Morgan fingerprint density at radius 1 is 0.964 bits per heavy atom. The van der Waals surface area contributed by atoms with Crippen LogP contribution >= 0.6 is 0 Å². The summed E-state index contributed by atoms with van der Waals surface area (Å²) in [6.45, 7) is 0.516. The number of benzene rings is 3. The van der Waals surface area contributed by atoms with Gasteiger partial charge in [0.15, 0.2) is 0 Å². The Hall–Kier alpha value is -3.47. The highest BCUT2D eigenvalue weighted by atomic mass is 19.1. The van der Waals surface area contributed by atoms with E-state index in [9.17, 15) is 14.0 Å². The molecular formula is C23H19FN2O2. The number of hydrogen-bond donors (Lipinski definition) is 1. The Bertz CT molecular complexity index is 1030. The van der Waals surface area contributed by atoms with Crippen LogP contribution in [-0.4, -0.2) is 11.8 Å². The second-order valence-electron chi connectivity index (χ2n) is 6.77. The minimum Gasteiger partial charge on any atom is -0.322 e. The fourth-order valence-electron chi connectivity index (χ4n) is 3.41. The van der Waals surface area contributed by atoms with Crippen LogP contribution in [0.5, 0.6) is 0 Å². The van der Waals surface area contributed by atoms with Gasteiger partial charge < -0.3 is 10.2 Å². The smallest absolute Gasteiger partial charge is 0.255 e. The van der Waals surface area contributed by atoms with Gasteiger partial charge in [0.05, 0.1) is 6.54 Å². The number of nitrogens with one attached hydrogen (secondary N) is 1. The third-order valence-electron chi connectivity index (χ3n) is 4.81. The molecule has 1 heterocycles. The third-order valence-corrected chi connectivity index (χ3v) is 4.81. The summed E-state index contributed by atoms with van der Waals surface area (Å²) in [5.74, 6) is -0.728. The zero-order valence-electron chi connectivity index (χ0n) is 15.2. The zero-order chi connectivity index (χ0) is 19.5. The Labute approximate surface area is 162 Å². The van der Waals surface area contributed by atoms with Crippen LogP contribution in [0.1, 0.15) is 27.9 Å². The van der Waals surface area contributed by atoms with E-state index in [-0.39, 0.29) is 17.4 Å². The van der Waals surface area contributed by atoms with Crippen LogP contribution in [0, 0.1) is 5.82 Å². The summed E-state index contributed by atoms with van der Waals surface area (Å²) in [6, 6.07) is 20.9. The van der Waals surface area contributed by atoms with Crippen LogP contribution in [0.2, 0.25) is 0 Å². The fraction of sp³-hybridized carbons (Fsp3) is 0.130. The molecule has 0 fully saturated rings.